The fourth-order valence-corrected chi connectivity index (χ4v) is 4.83. The molecular formula is C36H45ClO9. The van der Waals surface area contributed by atoms with Crippen LogP contribution in [0.1, 0.15) is 45.1 Å². The first-order valence-electron chi connectivity index (χ1n) is 15.2. The molecule has 1 fully saturated rings. The van der Waals surface area contributed by atoms with Gasteiger partial charge < -0.3 is 35.4 Å². The van der Waals surface area contributed by atoms with Gasteiger partial charge in [-0.25, -0.2) is 4.79 Å². The number of esters is 1. The zero-order valence-corrected chi connectivity index (χ0v) is 26.8. The number of aliphatic carboxylic acids is 1. The van der Waals surface area contributed by atoms with Crippen LogP contribution in [0.5, 0.6) is 0 Å². The minimum absolute atomic E-state index is 0.0785. The third-order valence-electron chi connectivity index (χ3n) is 7.51. The number of hydrogen-bond donors (Lipinski definition) is 6. The molecule has 0 heterocycles. The average molecular weight is 657 g/mol. The highest BCUT2D eigenvalue weighted by Crippen LogP contribution is 2.27. The molecule has 2 rings (SSSR count). The number of aliphatic hydroxyl groups excluding tert-OH is 5. The Bertz CT molecular complexity index is 1310. The van der Waals surface area contributed by atoms with E-state index in [4.69, 9.17) is 21.4 Å². The predicted molar refractivity (Wildman–Crippen MR) is 178 cm³/mol. The lowest BCUT2D eigenvalue weighted by Crippen LogP contribution is -2.42. The van der Waals surface area contributed by atoms with Crippen molar-refractivity contribution in [2.24, 2.45) is 11.8 Å². The largest absolute Gasteiger partial charge is 0.481 e. The van der Waals surface area contributed by atoms with Crippen LogP contribution in [0.3, 0.4) is 0 Å². The van der Waals surface area contributed by atoms with Crippen molar-refractivity contribution in [3.05, 3.63) is 113 Å². The predicted octanol–water partition coefficient (Wildman–Crippen LogP) is 4.62. The van der Waals surface area contributed by atoms with Crippen molar-refractivity contribution in [1.29, 1.82) is 0 Å². The Kier molecular flexibility index (Phi) is 17.2. The van der Waals surface area contributed by atoms with Gasteiger partial charge in [0.1, 0.15) is 12.2 Å². The van der Waals surface area contributed by atoms with Gasteiger partial charge in [-0.05, 0) is 31.4 Å². The molecule has 1 saturated carbocycles. The van der Waals surface area contributed by atoms with Crippen LogP contribution < -0.4 is 0 Å². The number of halogens is 1. The molecule has 0 radical (unpaired) electrons. The van der Waals surface area contributed by atoms with E-state index in [1.165, 1.54) is 18.2 Å². The number of allylic oxidation sites excluding steroid dienone is 10. The molecule has 46 heavy (non-hydrogen) atoms. The summed E-state index contributed by atoms with van der Waals surface area (Å²) >= 11 is 6.32. The highest BCUT2D eigenvalue weighted by Gasteiger charge is 2.35. The Morgan fingerprint density at radius 1 is 0.935 bits per heavy atom. The molecule has 8 atom stereocenters. The Hall–Kier alpha value is -3.57. The van der Waals surface area contributed by atoms with E-state index < -0.39 is 60.4 Å². The van der Waals surface area contributed by atoms with Crippen molar-refractivity contribution in [3.8, 4) is 0 Å². The molecule has 6 N–H and O–H groups in total. The summed E-state index contributed by atoms with van der Waals surface area (Å²) in [7, 11) is 0. The fraction of sp³-hybridized carbons (Fsp3) is 0.389. The van der Waals surface area contributed by atoms with Gasteiger partial charge in [0.2, 0.25) is 0 Å². The van der Waals surface area contributed by atoms with E-state index in [2.05, 4.69) is 0 Å². The molecule has 0 aliphatic heterocycles. The number of benzene rings is 1. The quantitative estimate of drug-likeness (QED) is 0.0846. The maximum Gasteiger partial charge on any atom is 0.331 e. The van der Waals surface area contributed by atoms with Gasteiger partial charge in [-0.15, -0.1) is 0 Å². The summed E-state index contributed by atoms with van der Waals surface area (Å²) < 4.78 is 5.22. The maximum absolute atomic E-state index is 12.1. The lowest BCUT2D eigenvalue weighted by atomic mass is 9.85. The van der Waals surface area contributed by atoms with E-state index in [1.807, 2.05) is 43.3 Å². The molecular weight excluding hydrogens is 612 g/mol. The number of ether oxygens (including phenoxy) is 1. The van der Waals surface area contributed by atoms with E-state index in [0.29, 0.717) is 6.42 Å². The lowest BCUT2D eigenvalue weighted by molar-refractivity contribution is -0.159. The van der Waals surface area contributed by atoms with Crippen LogP contribution in [0.2, 0.25) is 0 Å². The lowest BCUT2D eigenvalue weighted by Gasteiger charge is -2.30. The Balaban J connectivity index is 1.79. The van der Waals surface area contributed by atoms with Gasteiger partial charge in [0.25, 0.3) is 0 Å². The number of aliphatic hydroxyl groups is 5. The SMILES string of the molecule is CC(/C=C/C=C/C(=O)O[C@@H]1C[C@@H](C(=O)O)CC[C@@H]1O)=C\C=C\C=C(/Cl)[C@@H](C)[C@@H](O)[C@H](O)[C@H](O)C[C@@H](O)/C=C/C=C/c1ccccc1. The highest BCUT2D eigenvalue weighted by molar-refractivity contribution is 6.30. The van der Waals surface area contributed by atoms with E-state index in [1.54, 1.807) is 55.5 Å². The molecule has 0 bridgehead atoms. The minimum Gasteiger partial charge on any atom is -0.481 e. The van der Waals surface area contributed by atoms with E-state index >= 15 is 0 Å². The molecule has 1 aromatic carbocycles. The third kappa shape index (κ3) is 14.2. The third-order valence-corrected chi connectivity index (χ3v) is 7.98. The maximum atomic E-state index is 12.1. The van der Waals surface area contributed by atoms with Crippen LogP contribution in [0.15, 0.2) is 108 Å². The molecule has 1 aliphatic carbocycles. The first-order chi connectivity index (χ1) is 21.9. The van der Waals surface area contributed by atoms with Gasteiger partial charge in [-0.3, -0.25) is 4.79 Å². The summed E-state index contributed by atoms with van der Waals surface area (Å²) in [4.78, 5) is 23.2. The van der Waals surface area contributed by atoms with Crippen molar-refractivity contribution >= 4 is 29.6 Å². The summed E-state index contributed by atoms with van der Waals surface area (Å²) in [6.07, 6.45) is 12.9. The summed E-state index contributed by atoms with van der Waals surface area (Å²) in [5, 5.41) is 61.0. The van der Waals surface area contributed by atoms with Gasteiger partial charge in [0, 0.05) is 29.9 Å². The van der Waals surface area contributed by atoms with Crippen molar-refractivity contribution in [3.63, 3.8) is 0 Å². The smallest absolute Gasteiger partial charge is 0.331 e. The Morgan fingerprint density at radius 3 is 2.30 bits per heavy atom. The summed E-state index contributed by atoms with van der Waals surface area (Å²) in [6.45, 7) is 3.44. The number of rotatable bonds is 16. The van der Waals surface area contributed by atoms with Gasteiger partial charge in [0.05, 0.1) is 30.3 Å². The first kappa shape index (κ1) is 38.6. The molecule has 0 spiro atoms. The zero-order chi connectivity index (χ0) is 34.1. The number of carbonyl (C=O) groups excluding carboxylic acids is 1. The minimum atomic E-state index is -1.53. The van der Waals surface area contributed by atoms with Gasteiger partial charge >= 0.3 is 11.9 Å². The van der Waals surface area contributed by atoms with Crippen molar-refractivity contribution in [2.75, 3.05) is 0 Å². The molecule has 0 aromatic heterocycles. The molecule has 1 aliphatic rings. The molecule has 1 aromatic rings. The summed E-state index contributed by atoms with van der Waals surface area (Å²) in [5.74, 6) is -2.98. The standard InChI is InChI=1S/C36H45ClO9/c1-24(13-7-11-19-33(41)46-32-22-27(36(44)45)20-21-30(32)39)12-6-10-18-29(37)25(2)34(42)35(43)31(40)23-28(38)17-9-8-16-26-14-4-3-5-15-26/h3-19,25,27-28,30-32,34-35,38-40,42-43H,20-23H2,1-2H3,(H,44,45)/b10-6+,13-7+,16-8+,17-9+,19-11+,24-12+,29-18-/t25-,27+,28+,30+,31-,32-,34-,35-/m1/s1. The van der Waals surface area contributed by atoms with Crippen LogP contribution in [0.4, 0.5) is 0 Å². The van der Waals surface area contributed by atoms with Crippen LogP contribution in [-0.4, -0.2) is 79.2 Å². The summed E-state index contributed by atoms with van der Waals surface area (Å²) in [6, 6.07) is 9.62. The molecule has 0 amide bonds. The van der Waals surface area contributed by atoms with Crippen molar-refractivity contribution in [2.45, 2.75) is 76.2 Å². The van der Waals surface area contributed by atoms with Crippen LogP contribution in [0.25, 0.3) is 6.08 Å². The van der Waals surface area contributed by atoms with Crippen molar-refractivity contribution < 1.29 is 45.0 Å². The second-order valence-corrected chi connectivity index (χ2v) is 11.7. The van der Waals surface area contributed by atoms with E-state index in [9.17, 15) is 35.1 Å². The number of carboxylic acids is 1. The average Bonchev–Trinajstić information content (AvgIpc) is 3.03. The Labute approximate surface area is 275 Å². The van der Waals surface area contributed by atoms with Gasteiger partial charge in [-0.1, -0.05) is 115 Å². The molecule has 10 heteroatoms. The monoisotopic (exact) mass is 656 g/mol. The molecule has 0 unspecified atom stereocenters. The normalized spacial score (nSPS) is 23.3. The highest BCUT2D eigenvalue weighted by atomic mass is 35.5. The summed E-state index contributed by atoms with van der Waals surface area (Å²) in [5.41, 5.74) is 1.83. The van der Waals surface area contributed by atoms with E-state index in [0.717, 1.165) is 11.1 Å². The van der Waals surface area contributed by atoms with Crippen molar-refractivity contribution in [1.82, 2.24) is 0 Å². The van der Waals surface area contributed by atoms with E-state index in [-0.39, 0.29) is 24.3 Å². The molecule has 250 valence electrons. The fourth-order valence-electron chi connectivity index (χ4n) is 4.63. The second kappa shape index (κ2) is 20.5. The molecule has 9 nitrogen and oxygen atoms in total. The van der Waals surface area contributed by atoms with Gasteiger partial charge in [-0.2, -0.15) is 0 Å². The number of carbonyl (C=O) groups is 2. The number of carboxylic acid groups (broad SMARTS) is 1. The molecule has 0 saturated heterocycles. The second-order valence-electron chi connectivity index (χ2n) is 11.3. The first-order valence-corrected chi connectivity index (χ1v) is 15.6. The Morgan fingerprint density at radius 2 is 1.61 bits per heavy atom. The van der Waals surface area contributed by atoms with Crippen LogP contribution in [0, 0.1) is 11.8 Å². The topological polar surface area (TPSA) is 165 Å². The zero-order valence-electron chi connectivity index (χ0n) is 26.0. The van der Waals surface area contributed by atoms with Gasteiger partial charge in [0.15, 0.2) is 0 Å². The van der Waals surface area contributed by atoms with Crippen LogP contribution in [-0.2, 0) is 14.3 Å². The number of hydrogen-bond acceptors (Lipinski definition) is 8. The van der Waals surface area contributed by atoms with Crippen LogP contribution >= 0.6 is 11.6 Å².